The van der Waals surface area contributed by atoms with E-state index < -0.39 is 0 Å². The largest absolute Gasteiger partial charge is 0.378 e. The Labute approximate surface area is 152 Å². The molecule has 0 N–H and O–H groups in total. The van der Waals surface area contributed by atoms with Crippen LogP contribution < -0.4 is 4.90 Å². The fraction of sp³-hybridized carbons (Fsp3) is 0.556. The predicted molar refractivity (Wildman–Crippen MR) is 96.5 cm³/mol. The predicted octanol–water partition coefficient (Wildman–Crippen LogP) is 1.37. The van der Waals surface area contributed by atoms with Crippen molar-refractivity contribution in [3.8, 4) is 5.82 Å². The van der Waals surface area contributed by atoms with Crippen molar-refractivity contribution in [1.82, 2.24) is 24.4 Å². The molecule has 2 aliphatic rings. The van der Waals surface area contributed by atoms with Gasteiger partial charge in [0.2, 0.25) is 0 Å². The number of hydrogen-bond donors (Lipinski definition) is 0. The molecule has 0 spiro atoms. The van der Waals surface area contributed by atoms with Crippen LogP contribution in [0.25, 0.3) is 5.82 Å². The second-order valence-corrected chi connectivity index (χ2v) is 7.00. The molecule has 0 saturated carbocycles. The number of hydrogen-bond acceptors (Lipinski definition) is 6. The highest BCUT2D eigenvalue weighted by atomic mass is 16.5. The Kier molecular flexibility index (Phi) is 4.83. The smallest absolute Gasteiger partial charge is 0.274 e. The van der Waals surface area contributed by atoms with Crippen molar-refractivity contribution >= 4 is 11.7 Å². The minimum atomic E-state index is -0.00208. The molecule has 26 heavy (non-hydrogen) atoms. The Morgan fingerprint density at radius 3 is 2.77 bits per heavy atom. The fourth-order valence-corrected chi connectivity index (χ4v) is 3.54. The van der Waals surface area contributed by atoms with E-state index in [2.05, 4.69) is 26.8 Å². The average Bonchev–Trinajstić information content (AvgIpc) is 3.18. The zero-order valence-corrected chi connectivity index (χ0v) is 15.0. The van der Waals surface area contributed by atoms with E-state index in [1.165, 1.54) is 6.42 Å². The first-order chi connectivity index (χ1) is 12.7. The standard InChI is InChI=1S/C18H24N6O2/c1-14-3-2-4-23(10-14)18(25)15-11-24(13-21-15)17-9-16(19-12-20-17)22-5-7-26-8-6-22/h9,11-14H,2-8,10H2,1H3/t14-/m1/s1. The lowest BCUT2D eigenvalue weighted by atomic mass is 10.0. The Morgan fingerprint density at radius 1 is 1.15 bits per heavy atom. The highest BCUT2D eigenvalue weighted by Gasteiger charge is 2.24. The Balaban J connectivity index is 1.51. The third kappa shape index (κ3) is 3.55. The molecule has 0 unspecified atom stereocenters. The first-order valence-corrected chi connectivity index (χ1v) is 9.19. The summed E-state index contributed by atoms with van der Waals surface area (Å²) < 4.78 is 7.17. The summed E-state index contributed by atoms with van der Waals surface area (Å²) >= 11 is 0. The second-order valence-electron chi connectivity index (χ2n) is 7.00. The summed E-state index contributed by atoms with van der Waals surface area (Å²) in [7, 11) is 0. The van der Waals surface area contributed by atoms with E-state index in [0.29, 0.717) is 30.6 Å². The summed E-state index contributed by atoms with van der Waals surface area (Å²) in [6, 6.07) is 1.92. The van der Waals surface area contributed by atoms with Crippen LogP contribution in [0.4, 0.5) is 5.82 Å². The van der Waals surface area contributed by atoms with Crippen LogP contribution in [-0.2, 0) is 4.74 Å². The van der Waals surface area contributed by atoms with Gasteiger partial charge in [-0.1, -0.05) is 6.92 Å². The molecule has 8 nitrogen and oxygen atoms in total. The van der Waals surface area contributed by atoms with Crippen LogP contribution in [0.2, 0.25) is 0 Å². The number of rotatable bonds is 3. The minimum Gasteiger partial charge on any atom is -0.378 e. The van der Waals surface area contributed by atoms with Crippen LogP contribution in [-0.4, -0.2) is 69.7 Å². The van der Waals surface area contributed by atoms with E-state index in [9.17, 15) is 4.79 Å². The molecule has 2 aromatic heterocycles. The van der Waals surface area contributed by atoms with Crippen LogP contribution in [0, 0.1) is 5.92 Å². The highest BCUT2D eigenvalue weighted by Crippen LogP contribution is 2.19. The van der Waals surface area contributed by atoms with Crippen LogP contribution in [0.15, 0.2) is 24.9 Å². The van der Waals surface area contributed by atoms with Crippen LogP contribution >= 0.6 is 0 Å². The van der Waals surface area contributed by atoms with Crippen molar-refractivity contribution < 1.29 is 9.53 Å². The van der Waals surface area contributed by atoms with Crippen molar-refractivity contribution in [1.29, 1.82) is 0 Å². The van der Waals surface area contributed by atoms with E-state index in [0.717, 1.165) is 38.4 Å². The summed E-state index contributed by atoms with van der Waals surface area (Å²) in [5, 5.41) is 0. The molecule has 1 amide bonds. The number of ether oxygens (including phenoxy) is 1. The van der Waals surface area contributed by atoms with Gasteiger partial charge in [0.15, 0.2) is 0 Å². The molecule has 0 bridgehead atoms. The normalized spacial score (nSPS) is 21.0. The number of imidazole rings is 1. The van der Waals surface area contributed by atoms with E-state index >= 15 is 0 Å². The first kappa shape index (κ1) is 17.0. The van der Waals surface area contributed by atoms with Gasteiger partial charge in [-0.15, -0.1) is 0 Å². The van der Waals surface area contributed by atoms with Crippen molar-refractivity contribution in [2.24, 2.45) is 5.92 Å². The lowest BCUT2D eigenvalue weighted by Crippen LogP contribution is -2.39. The molecule has 4 rings (SSSR count). The second kappa shape index (κ2) is 7.41. The molecular weight excluding hydrogens is 332 g/mol. The van der Waals surface area contributed by atoms with Gasteiger partial charge in [-0.25, -0.2) is 15.0 Å². The van der Waals surface area contributed by atoms with Gasteiger partial charge < -0.3 is 14.5 Å². The summed E-state index contributed by atoms with van der Waals surface area (Å²) in [5.74, 6) is 2.12. The Hall–Kier alpha value is -2.48. The van der Waals surface area contributed by atoms with E-state index in [4.69, 9.17) is 4.74 Å². The molecule has 2 saturated heterocycles. The van der Waals surface area contributed by atoms with Gasteiger partial charge in [-0.05, 0) is 18.8 Å². The molecule has 0 aromatic carbocycles. The number of carbonyl (C=O) groups excluding carboxylic acids is 1. The number of aromatic nitrogens is 4. The number of amides is 1. The molecule has 4 heterocycles. The first-order valence-electron chi connectivity index (χ1n) is 9.19. The van der Waals surface area contributed by atoms with Gasteiger partial charge in [-0.2, -0.15) is 0 Å². The molecule has 1 atom stereocenters. The van der Waals surface area contributed by atoms with Gasteiger partial charge in [-0.3, -0.25) is 9.36 Å². The molecule has 2 fully saturated rings. The average molecular weight is 356 g/mol. The molecule has 138 valence electrons. The van der Waals surface area contributed by atoms with Gasteiger partial charge >= 0.3 is 0 Å². The Bertz CT molecular complexity index is 771. The lowest BCUT2D eigenvalue weighted by Gasteiger charge is -2.30. The number of nitrogens with zero attached hydrogens (tertiary/aromatic N) is 6. The van der Waals surface area contributed by atoms with Crippen LogP contribution in [0.1, 0.15) is 30.3 Å². The quantitative estimate of drug-likeness (QED) is 0.827. The lowest BCUT2D eigenvalue weighted by molar-refractivity contribution is 0.0677. The minimum absolute atomic E-state index is 0.00208. The van der Waals surface area contributed by atoms with E-state index in [-0.39, 0.29) is 5.91 Å². The van der Waals surface area contributed by atoms with Gasteiger partial charge in [0.05, 0.1) is 13.2 Å². The SMILES string of the molecule is C[C@@H]1CCCN(C(=O)c2cn(-c3cc(N4CCOCC4)ncn3)cn2)C1. The maximum Gasteiger partial charge on any atom is 0.274 e. The molecule has 8 heteroatoms. The summed E-state index contributed by atoms with van der Waals surface area (Å²) in [6.07, 6.45) is 7.19. The third-order valence-electron chi connectivity index (χ3n) is 4.98. The van der Waals surface area contributed by atoms with Crippen LogP contribution in [0.3, 0.4) is 0 Å². The van der Waals surface area contributed by atoms with Crippen molar-refractivity contribution in [3.63, 3.8) is 0 Å². The molecule has 2 aromatic rings. The maximum atomic E-state index is 12.7. The van der Waals surface area contributed by atoms with E-state index in [1.54, 1.807) is 23.4 Å². The summed E-state index contributed by atoms with van der Waals surface area (Å²) in [6.45, 7) is 6.85. The number of anilines is 1. The van der Waals surface area contributed by atoms with Crippen LogP contribution in [0.5, 0.6) is 0 Å². The molecule has 2 aliphatic heterocycles. The number of likely N-dealkylation sites (tertiary alicyclic amines) is 1. The van der Waals surface area contributed by atoms with Crippen molar-refractivity contribution in [3.05, 3.63) is 30.6 Å². The zero-order chi connectivity index (χ0) is 17.9. The fourth-order valence-electron chi connectivity index (χ4n) is 3.54. The topological polar surface area (TPSA) is 76.4 Å². The third-order valence-corrected chi connectivity index (χ3v) is 4.98. The maximum absolute atomic E-state index is 12.7. The van der Waals surface area contributed by atoms with E-state index in [1.807, 2.05) is 11.0 Å². The number of piperidine rings is 1. The van der Waals surface area contributed by atoms with Crippen molar-refractivity contribution in [2.45, 2.75) is 19.8 Å². The number of morpholine rings is 1. The zero-order valence-electron chi connectivity index (χ0n) is 15.0. The van der Waals surface area contributed by atoms with Gasteiger partial charge in [0.1, 0.15) is 30.0 Å². The summed E-state index contributed by atoms with van der Waals surface area (Å²) in [5.41, 5.74) is 0.464. The monoisotopic (exact) mass is 356 g/mol. The Morgan fingerprint density at radius 2 is 1.96 bits per heavy atom. The number of carbonyl (C=O) groups is 1. The summed E-state index contributed by atoms with van der Waals surface area (Å²) in [4.78, 5) is 29.8. The van der Waals surface area contributed by atoms with Crippen molar-refractivity contribution in [2.75, 3.05) is 44.3 Å². The van der Waals surface area contributed by atoms with Gasteiger partial charge in [0.25, 0.3) is 5.91 Å². The molecule has 0 radical (unpaired) electrons. The highest BCUT2D eigenvalue weighted by molar-refractivity contribution is 5.92. The van der Waals surface area contributed by atoms with Gasteiger partial charge in [0, 0.05) is 38.4 Å². The molecule has 0 aliphatic carbocycles. The molecular formula is C18H24N6O2.